The normalized spacial score (nSPS) is 14.6. The summed E-state index contributed by atoms with van der Waals surface area (Å²) in [5.41, 5.74) is 2.80. The fraction of sp³-hybridized carbons (Fsp3) is 0.294. The zero-order chi connectivity index (χ0) is 14.8. The number of fused-ring (bicyclic) bond motifs is 1. The van der Waals surface area contributed by atoms with Crippen LogP contribution in [0.15, 0.2) is 36.4 Å². The average Bonchev–Trinajstić information content (AvgIpc) is 2.95. The van der Waals surface area contributed by atoms with E-state index >= 15 is 0 Å². The van der Waals surface area contributed by atoms with Gasteiger partial charge in [-0.3, -0.25) is 0 Å². The van der Waals surface area contributed by atoms with Gasteiger partial charge in [0.15, 0.2) is 0 Å². The molecule has 0 fully saturated rings. The van der Waals surface area contributed by atoms with Crippen molar-refractivity contribution >= 4 is 11.6 Å². The first-order valence-corrected chi connectivity index (χ1v) is 7.39. The molecule has 1 atom stereocenters. The van der Waals surface area contributed by atoms with Crippen LogP contribution in [-0.2, 0) is 12.8 Å². The Bertz CT molecular complexity index is 657. The summed E-state index contributed by atoms with van der Waals surface area (Å²) in [5, 5.41) is 10.2. The summed E-state index contributed by atoms with van der Waals surface area (Å²) >= 11 is 5.90. The van der Waals surface area contributed by atoms with Crippen molar-refractivity contribution in [1.29, 1.82) is 0 Å². The quantitative estimate of drug-likeness (QED) is 0.922. The van der Waals surface area contributed by atoms with Gasteiger partial charge < -0.3 is 9.84 Å². The third-order valence-corrected chi connectivity index (χ3v) is 4.20. The van der Waals surface area contributed by atoms with Crippen molar-refractivity contribution < 1.29 is 14.2 Å². The average molecular weight is 307 g/mol. The van der Waals surface area contributed by atoms with Crippen LogP contribution in [-0.4, -0.2) is 11.7 Å². The van der Waals surface area contributed by atoms with E-state index in [9.17, 15) is 9.50 Å². The molecule has 0 saturated heterocycles. The Morgan fingerprint density at radius 2 is 2.14 bits per heavy atom. The SMILES string of the molecule is OC(CCc1ccc2c(c1)CCO2)c1cccc(F)c1Cl. The first-order valence-electron chi connectivity index (χ1n) is 7.02. The van der Waals surface area contributed by atoms with Crippen LogP contribution in [0.4, 0.5) is 4.39 Å². The van der Waals surface area contributed by atoms with E-state index in [0.717, 1.165) is 24.3 Å². The Balaban J connectivity index is 1.68. The molecule has 2 aromatic carbocycles. The Kier molecular flexibility index (Phi) is 4.13. The largest absolute Gasteiger partial charge is 0.493 e. The number of hydrogen-bond acceptors (Lipinski definition) is 2. The number of hydrogen-bond donors (Lipinski definition) is 1. The van der Waals surface area contributed by atoms with Gasteiger partial charge in [0.2, 0.25) is 0 Å². The molecule has 0 radical (unpaired) electrons. The molecule has 2 nitrogen and oxygen atoms in total. The standard InChI is InChI=1S/C17H16ClFO2/c18-17-13(2-1-3-14(17)19)15(20)6-4-11-5-7-16-12(10-11)8-9-21-16/h1-3,5,7,10,15,20H,4,6,8-9H2. The lowest BCUT2D eigenvalue weighted by Gasteiger charge is -2.13. The second-order valence-electron chi connectivity index (χ2n) is 5.24. The van der Waals surface area contributed by atoms with Crippen LogP contribution in [0, 0.1) is 5.82 Å². The fourth-order valence-corrected chi connectivity index (χ4v) is 2.88. The molecule has 110 valence electrons. The number of aliphatic hydroxyl groups excluding tert-OH is 1. The zero-order valence-electron chi connectivity index (χ0n) is 11.5. The molecule has 0 aliphatic carbocycles. The van der Waals surface area contributed by atoms with E-state index in [1.807, 2.05) is 12.1 Å². The van der Waals surface area contributed by atoms with Crippen LogP contribution in [0.3, 0.4) is 0 Å². The molecule has 21 heavy (non-hydrogen) atoms. The maximum atomic E-state index is 13.4. The minimum atomic E-state index is -0.766. The summed E-state index contributed by atoms with van der Waals surface area (Å²) in [6.45, 7) is 0.736. The van der Waals surface area contributed by atoms with Gasteiger partial charge in [0.05, 0.1) is 17.7 Å². The fourth-order valence-electron chi connectivity index (χ4n) is 2.63. The van der Waals surface area contributed by atoms with Crippen molar-refractivity contribution in [1.82, 2.24) is 0 Å². The molecule has 0 bridgehead atoms. The number of ether oxygens (including phenoxy) is 1. The molecule has 1 heterocycles. The van der Waals surface area contributed by atoms with Gasteiger partial charge in [0.25, 0.3) is 0 Å². The Labute approximate surface area is 128 Å². The highest BCUT2D eigenvalue weighted by atomic mass is 35.5. The summed E-state index contributed by atoms with van der Waals surface area (Å²) < 4.78 is 18.9. The second kappa shape index (κ2) is 6.04. The monoisotopic (exact) mass is 306 g/mol. The predicted octanol–water partition coefficient (Wildman–Crippen LogP) is 4.08. The van der Waals surface area contributed by atoms with E-state index in [2.05, 4.69) is 6.07 Å². The highest BCUT2D eigenvalue weighted by molar-refractivity contribution is 6.31. The van der Waals surface area contributed by atoms with Crippen molar-refractivity contribution in [2.75, 3.05) is 6.61 Å². The van der Waals surface area contributed by atoms with E-state index in [1.165, 1.54) is 11.6 Å². The Morgan fingerprint density at radius 3 is 3.00 bits per heavy atom. The summed E-state index contributed by atoms with van der Waals surface area (Å²) in [4.78, 5) is 0. The smallest absolute Gasteiger partial charge is 0.142 e. The van der Waals surface area contributed by atoms with Gasteiger partial charge in [-0.2, -0.15) is 0 Å². The van der Waals surface area contributed by atoms with Crippen LogP contribution >= 0.6 is 11.6 Å². The van der Waals surface area contributed by atoms with Crippen LogP contribution in [0.25, 0.3) is 0 Å². The lowest BCUT2D eigenvalue weighted by Crippen LogP contribution is -2.01. The molecule has 0 amide bonds. The summed E-state index contributed by atoms with van der Waals surface area (Å²) in [6.07, 6.45) is 1.38. The Hall–Kier alpha value is -1.58. The number of aryl methyl sites for hydroxylation is 1. The number of halogens is 2. The number of rotatable bonds is 4. The van der Waals surface area contributed by atoms with Crippen molar-refractivity contribution in [2.45, 2.75) is 25.4 Å². The number of aliphatic hydroxyl groups is 1. The predicted molar refractivity (Wildman–Crippen MR) is 80.3 cm³/mol. The van der Waals surface area contributed by atoms with Crippen molar-refractivity contribution in [3.63, 3.8) is 0 Å². The van der Waals surface area contributed by atoms with Gasteiger partial charge in [-0.15, -0.1) is 0 Å². The van der Waals surface area contributed by atoms with E-state index in [-0.39, 0.29) is 5.02 Å². The van der Waals surface area contributed by atoms with E-state index in [4.69, 9.17) is 16.3 Å². The maximum Gasteiger partial charge on any atom is 0.142 e. The van der Waals surface area contributed by atoms with Gasteiger partial charge >= 0.3 is 0 Å². The molecule has 1 aliphatic rings. The molecule has 0 saturated carbocycles. The minimum Gasteiger partial charge on any atom is -0.493 e. The zero-order valence-corrected chi connectivity index (χ0v) is 12.2. The summed E-state index contributed by atoms with van der Waals surface area (Å²) in [6, 6.07) is 10.6. The second-order valence-corrected chi connectivity index (χ2v) is 5.62. The molecule has 2 aromatic rings. The number of benzene rings is 2. The molecular weight excluding hydrogens is 291 g/mol. The van der Waals surface area contributed by atoms with Crippen LogP contribution in [0.1, 0.15) is 29.2 Å². The van der Waals surface area contributed by atoms with Gasteiger partial charge in [0.1, 0.15) is 11.6 Å². The van der Waals surface area contributed by atoms with Gasteiger partial charge in [-0.05, 0) is 36.1 Å². The molecule has 1 aliphatic heterocycles. The molecule has 3 rings (SSSR count). The first-order chi connectivity index (χ1) is 10.1. The highest BCUT2D eigenvalue weighted by Crippen LogP contribution is 2.30. The summed E-state index contributed by atoms with van der Waals surface area (Å²) in [7, 11) is 0. The molecule has 0 aromatic heterocycles. The van der Waals surface area contributed by atoms with E-state index in [0.29, 0.717) is 18.4 Å². The van der Waals surface area contributed by atoms with Gasteiger partial charge in [-0.1, -0.05) is 35.9 Å². The Morgan fingerprint density at radius 1 is 1.29 bits per heavy atom. The minimum absolute atomic E-state index is 0.00681. The molecular formula is C17H16ClFO2. The summed E-state index contributed by atoms with van der Waals surface area (Å²) in [5.74, 6) is 0.454. The third kappa shape index (κ3) is 3.04. The maximum absolute atomic E-state index is 13.4. The molecule has 1 unspecified atom stereocenters. The van der Waals surface area contributed by atoms with Crippen LogP contribution in [0.5, 0.6) is 5.75 Å². The van der Waals surface area contributed by atoms with Crippen molar-refractivity contribution in [3.05, 3.63) is 63.9 Å². The topological polar surface area (TPSA) is 29.5 Å². The first kappa shape index (κ1) is 14.4. The molecule has 1 N–H and O–H groups in total. The molecule has 4 heteroatoms. The van der Waals surface area contributed by atoms with Crippen LogP contribution in [0.2, 0.25) is 5.02 Å². The van der Waals surface area contributed by atoms with E-state index < -0.39 is 11.9 Å². The van der Waals surface area contributed by atoms with Gasteiger partial charge in [0, 0.05) is 12.0 Å². The highest BCUT2D eigenvalue weighted by Gasteiger charge is 2.16. The third-order valence-electron chi connectivity index (χ3n) is 3.80. The molecule has 0 spiro atoms. The van der Waals surface area contributed by atoms with E-state index in [1.54, 1.807) is 12.1 Å². The lowest BCUT2D eigenvalue weighted by molar-refractivity contribution is 0.167. The van der Waals surface area contributed by atoms with Crippen LogP contribution < -0.4 is 4.74 Å². The van der Waals surface area contributed by atoms with Crippen molar-refractivity contribution in [3.8, 4) is 5.75 Å². The lowest BCUT2D eigenvalue weighted by atomic mass is 9.99. The van der Waals surface area contributed by atoms with Gasteiger partial charge in [-0.25, -0.2) is 4.39 Å². The van der Waals surface area contributed by atoms with Crippen molar-refractivity contribution in [2.24, 2.45) is 0 Å².